The highest BCUT2D eigenvalue weighted by Crippen LogP contribution is 2.17. The van der Waals surface area contributed by atoms with E-state index in [1.807, 2.05) is 0 Å². The fraction of sp³-hybridized carbons (Fsp3) is 0.316. The number of hydrogen-bond donors (Lipinski definition) is 1. The van der Waals surface area contributed by atoms with Crippen LogP contribution in [0, 0.1) is 0 Å². The number of benzene rings is 1. The Hall–Kier alpha value is -2.25. The van der Waals surface area contributed by atoms with Crippen molar-refractivity contribution >= 4 is 27.6 Å². The largest absolute Gasteiger partial charge is 0.376 e. The molecule has 1 aromatic carbocycles. The van der Waals surface area contributed by atoms with Gasteiger partial charge < -0.3 is 10.1 Å². The van der Waals surface area contributed by atoms with Gasteiger partial charge in [-0.1, -0.05) is 34.1 Å². The molecule has 1 saturated heterocycles. The van der Waals surface area contributed by atoms with Crippen molar-refractivity contribution in [1.82, 2.24) is 9.88 Å². The van der Waals surface area contributed by atoms with Crippen LogP contribution in [0.15, 0.2) is 57.9 Å². The van der Waals surface area contributed by atoms with Gasteiger partial charge >= 0.3 is 0 Å². The minimum atomic E-state index is -1.26. The molecular formula is C19H19BrN2O4. The third kappa shape index (κ3) is 4.28. The zero-order chi connectivity index (χ0) is 18.5. The van der Waals surface area contributed by atoms with E-state index in [1.165, 1.54) is 12.3 Å². The van der Waals surface area contributed by atoms with Crippen LogP contribution in [0.25, 0.3) is 0 Å². The quantitative estimate of drug-likeness (QED) is 0.576. The number of amides is 1. The molecule has 136 valence electrons. The van der Waals surface area contributed by atoms with Gasteiger partial charge in [0, 0.05) is 35.5 Å². The molecule has 2 atom stereocenters. The summed E-state index contributed by atoms with van der Waals surface area (Å²) in [6.45, 7) is 1.00. The van der Waals surface area contributed by atoms with E-state index >= 15 is 0 Å². The summed E-state index contributed by atoms with van der Waals surface area (Å²) in [7, 11) is 0. The molecular weight excluding hydrogens is 400 g/mol. The molecule has 2 unspecified atom stereocenters. The van der Waals surface area contributed by atoms with E-state index < -0.39 is 23.3 Å². The van der Waals surface area contributed by atoms with Gasteiger partial charge in [0.2, 0.25) is 0 Å². The first-order valence-corrected chi connectivity index (χ1v) is 9.22. The molecule has 2 aromatic rings. The van der Waals surface area contributed by atoms with Crippen LogP contribution < -0.4 is 10.9 Å². The molecule has 6 nitrogen and oxygen atoms in total. The summed E-state index contributed by atoms with van der Waals surface area (Å²) in [5.41, 5.74) is -0.0450. The number of aromatic nitrogens is 1. The second kappa shape index (κ2) is 8.42. The Balaban J connectivity index is 1.87. The van der Waals surface area contributed by atoms with E-state index in [4.69, 9.17) is 4.74 Å². The number of halogens is 1. The molecule has 1 aromatic heterocycles. The highest BCUT2D eigenvalue weighted by molar-refractivity contribution is 9.10. The van der Waals surface area contributed by atoms with E-state index in [0.29, 0.717) is 18.7 Å². The van der Waals surface area contributed by atoms with Gasteiger partial charge in [0.05, 0.1) is 6.10 Å². The standard InChI is InChI=1S/C19H19BrN2O4/c20-14-8-6-13(7-9-14)18(24)17(22-10-2-1-5-16(22)23)19(25)21-12-15-4-3-11-26-15/h1-2,5-10,15,17H,3-4,11-12H2,(H,21,25). The van der Waals surface area contributed by atoms with Gasteiger partial charge in [-0.15, -0.1) is 0 Å². The Morgan fingerprint density at radius 3 is 2.65 bits per heavy atom. The molecule has 2 heterocycles. The van der Waals surface area contributed by atoms with Crippen LogP contribution >= 0.6 is 15.9 Å². The average Bonchev–Trinajstić information content (AvgIpc) is 3.16. The topological polar surface area (TPSA) is 77.4 Å². The third-order valence-electron chi connectivity index (χ3n) is 4.28. The maximum Gasteiger partial charge on any atom is 0.251 e. The van der Waals surface area contributed by atoms with Gasteiger partial charge in [0.15, 0.2) is 11.8 Å². The van der Waals surface area contributed by atoms with Crippen LogP contribution in [0.5, 0.6) is 0 Å². The number of Topliss-reactive ketones (excluding diaryl/α,β-unsaturated/α-hetero) is 1. The number of hydrogen-bond acceptors (Lipinski definition) is 4. The van der Waals surface area contributed by atoms with E-state index in [9.17, 15) is 14.4 Å². The summed E-state index contributed by atoms with van der Waals surface area (Å²) in [6.07, 6.45) is 3.24. The van der Waals surface area contributed by atoms with Crippen LogP contribution in [0.2, 0.25) is 0 Å². The van der Waals surface area contributed by atoms with Crippen molar-refractivity contribution in [1.29, 1.82) is 0 Å². The molecule has 1 aliphatic heterocycles. The van der Waals surface area contributed by atoms with Gasteiger partial charge in [-0.25, -0.2) is 0 Å². The lowest BCUT2D eigenvalue weighted by atomic mass is 10.0. The lowest BCUT2D eigenvalue weighted by Crippen LogP contribution is -2.43. The van der Waals surface area contributed by atoms with Gasteiger partial charge in [-0.2, -0.15) is 0 Å². The zero-order valence-corrected chi connectivity index (χ0v) is 15.6. The number of pyridine rings is 1. The smallest absolute Gasteiger partial charge is 0.251 e. The second-order valence-corrected chi connectivity index (χ2v) is 7.02. The molecule has 0 spiro atoms. The summed E-state index contributed by atoms with van der Waals surface area (Å²) in [6, 6.07) is 9.97. The number of ketones is 1. The number of nitrogens with one attached hydrogen (secondary N) is 1. The summed E-state index contributed by atoms with van der Waals surface area (Å²) < 4.78 is 7.48. The van der Waals surface area contributed by atoms with Crippen LogP contribution in [0.1, 0.15) is 29.2 Å². The van der Waals surface area contributed by atoms with E-state index in [0.717, 1.165) is 21.9 Å². The molecule has 1 amide bonds. The predicted molar refractivity (Wildman–Crippen MR) is 100 cm³/mol. The maximum atomic E-state index is 13.0. The monoisotopic (exact) mass is 418 g/mol. The van der Waals surface area contributed by atoms with Crippen molar-refractivity contribution in [3.8, 4) is 0 Å². The molecule has 0 bridgehead atoms. The lowest BCUT2D eigenvalue weighted by molar-refractivity contribution is -0.123. The van der Waals surface area contributed by atoms with Crippen molar-refractivity contribution in [2.24, 2.45) is 0 Å². The normalized spacial score (nSPS) is 17.7. The Kier molecular flexibility index (Phi) is 6.00. The fourth-order valence-electron chi connectivity index (χ4n) is 2.91. The summed E-state index contributed by atoms with van der Waals surface area (Å²) >= 11 is 3.32. The van der Waals surface area contributed by atoms with Gasteiger partial charge in [-0.05, 0) is 31.0 Å². The van der Waals surface area contributed by atoms with Crippen molar-refractivity contribution in [3.63, 3.8) is 0 Å². The van der Waals surface area contributed by atoms with Crippen LogP contribution in [-0.4, -0.2) is 35.5 Å². The Bertz CT molecular complexity index is 841. The SMILES string of the molecule is O=C(NCC1CCCO1)C(C(=O)c1ccc(Br)cc1)n1ccccc1=O. The lowest BCUT2D eigenvalue weighted by Gasteiger charge is -2.19. The fourth-order valence-corrected chi connectivity index (χ4v) is 3.18. The highest BCUT2D eigenvalue weighted by Gasteiger charge is 2.30. The summed E-state index contributed by atoms with van der Waals surface area (Å²) in [5, 5.41) is 2.76. The van der Waals surface area contributed by atoms with E-state index in [-0.39, 0.29) is 6.10 Å². The molecule has 7 heteroatoms. The maximum absolute atomic E-state index is 13.0. The van der Waals surface area contributed by atoms with E-state index in [1.54, 1.807) is 36.4 Å². The Morgan fingerprint density at radius 1 is 1.23 bits per heavy atom. The Labute approximate surface area is 159 Å². The minimum Gasteiger partial charge on any atom is -0.376 e. The van der Waals surface area contributed by atoms with Crippen molar-refractivity contribution in [2.75, 3.05) is 13.2 Å². The van der Waals surface area contributed by atoms with Gasteiger partial charge in [-0.3, -0.25) is 19.0 Å². The number of carbonyl (C=O) groups is 2. The van der Waals surface area contributed by atoms with Crippen molar-refractivity contribution < 1.29 is 14.3 Å². The van der Waals surface area contributed by atoms with Crippen molar-refractivity contribution in [2.45, 2.75) is 25.0 Å². The molecule has 0 radical (unpaired) electrons. The number of nitrogens with zero attached hydrogens (tertiary/aromatic N) is 1. The first-order valence-electron chi connectivity index (χ1n) is 8.42. The van der Waals surface area contributed by atoms with Crippen LogP contribution in [0.4, 0.5) is 0 Å². The number of ether oxygens (including phenoxy) is 1. The molecule has 0 saturated carbocycles. The predicted octanol–water partition coefficient (Wildman–Crippen LogP) is 2.33. The number of rotatable bonds is 6. The average molecular weight is 419 g/mol. The molecule has 3 rings (SSSR count). The van der Waals surface area contributed by atoms with Crippen molar-refractivity contribution in [3.05, 3.63) is 69.1 Å². The van der Waals surface area contributed by atoms with Crippen LogP contribution in [-0.2, 0) is 9.53 Å². The van der Waals surface area contributed by atoms with Crippen LogP contribution in [0.3, 0.4) is 0 Å². The molecule has 0 aliphatic carbocycles. The summed E-state index contributed by atoms with van der Waals surface area (Å²) in [5.74, 6) is -0.947. The molecule has 1 fully saturated rings. The Morgan fingerprint density at radius 2 is 2.00 bits per heavy atom. The van der Waals surface area contributed by atoms with Gasteiger partial charge in [0.25, 0.3) is 11.5 Å². The first kappa shape index (κ1) is 18.5. The minimum absolute atomic E-state index is 0.0464. The third-order valence-corrected chi connectivity index (χ3v) is 4.81. The highest BCUT2D eigenvalue weighted by atomic mass is 79.9. The summed E-state index contributed by atoms with van der Waals surface area (Å²) in [4.78, 5) is 38.0. The zero-order valence-electron chi connectivity index (χ0n) is 14.1. The molecule has 1 aliphatic rings. The van der Waals surface area contributed by atoms with E-state index in [2.05, 4.69) is 21.2 Å². The molecule has 26 heavy (non-hydrogen) atoms. The molecule has 1 N–H and O–H groups in total. The number of carbonyl (C=O) groups excluding carboxylic acids is 2. The first-order chi connectivity index (χ1) is 12.6. The second-order valence-electron chi connectivity index (χ2n) is 6.10. The van der Waals surface area contributed by atoms with Gasteiger partial charge in [0.1, 0.15) is 0 Å².